The van der Waals surface area contributed by atoms with Gasteiger partial charge in [-0.05, 0) is 20.3 Å². The number of aryl methyl sites for hydroxylation is 1. The summed E-state index contributed by atoms with van der Waals surface area (Å²) in [6.07, 6.45) is 0.593. The first kappa shape index (κ1) is 12.6. The minimum Gasteiger partial charge on any atom is -0.462 e. The van der Waals surface area contributed by atoms with Crippen LogP contribution in [-0.4, -0.2) is 34.3 Å². The van der Waals surface area contributed by atoms with Gasteiger partial charge in [0, 0.05) is 6.04 Å². The van der Waals surface area contributed by atoms with Gasteiger partial charge in [0.15, 0.2) is 0 Å². The quantitative estimate of drug-likeness (QED) is 0.805. The maximum absolute atomic E-state index is 12.0. The fourth-order valence-electron chi connectivity index (χ4n) is 2.14. The summed E-state index contributed by atoms with van der Waals surface area (Å²) in [6, 6.07) is 0.0182. The van der Waals surface area contributed by atoms with Crippen molar-refractivity contribution in [1.82, 2.24) is 15.1 Å². The van der Waals surface area contributed by atoms with E-state index in [4.69, 9.17) is 4.74 Å². The van der Waals surface area contributed by atoms with Crippen molar-refractivity contribution in [3.8, 4) is 0 Å². The molecular formula is C12H17N3O3. The van der Waals surface area contributed by atoms with Crippen LogP contribution in [0.4, 0.5) is 0 Å². The third kappa shape index (κ3) is 1.98. The number of ether oxygens (including phenoxy) is 1. The van der Waals surface area contributed by atoms with Gasteiger partial charge in [-0.15, -0.1) is 0 Å². The largest absolute Gasteiger partial charge is 0.462 e. The zero-order valence-electron chi connectivity index (χ0n) is 10.8. The third-order valence-electron chi connectivity index (χ3n) is 2.88. The lowest BCUT2D eigenvalue weighted by Crippen LogP contribution is -2.43. The number of amides is 1. The van der Waals surface area contributed by atoms with Crippen molar-refractivity contribution >= 4 is 11.9 Å². The van der Waals surface area contributed by atoms with E-state index in [0.29, 0.717) is 29.9 Å². The van der Waals surface area contributed by atoms with E-state index in [1.807, 2.05) is 13.8 Å². The molecule has 1 unspecified atom stereocenters. The van der Waals surface area contributed by atoms with Gasteiger partial charge >= 0.3 is 5.97 Å². The second-order valence-electron chi connectivity index (χ2n) is 4.30. The molecule has 98 valence electrons. The fraction of sp³-hybridized carbons (Fsp3) is 0.583. The molecule has 0 radical (unpaired) electrons. The highest BCUT2D eigenvalue weighted by Crippen LogP contribution is 2.20. The molecule has 2 rings (SSSR count). The highest BCUT2D eigenvalue weighted by Gasteiger charge is 2.32. The fourth-order valence-corrected chi connectivity index (χ4v) is 2.14. The van der Waals surface area contributed by atoms with Gasteiger partial charge in [0.25, 0.3) is 5.91 Å². The average Bonchev–Trinajstić information content (AvgIpc) is 2.67. The Kier molecular flexibility index (Phi) is 3.36. The van der Waals surface area contributed by atoms with Crippen molar-refractivity contribution in [2.24, 2.45) is 0 Å². The minimum atomic E-state index is -0.472. The molecule has 0 bridgehead atoms. The number of esters is 1. The van der Waals surface area contributed by atoms with Crippen LogP contribution in [0.1, 0.15) is 47.3 Å². The molecule has 1 aromatic heterocycles. The summed E-state index contributed by atoms with van der Waals surface area (Å²) in [5, 5.41) is 7.13. The zero-order valence-corrected chi connectivity index (χ0v) is 10.8. The molecule has 0 aromatic carbocycles. The molecule has 0 spiro atoms. The summed E-state index contributed by atoms with van der Waals surface area (Å²) >= 11 is 0. The van der Waals surface area contributed by atoms with Crippen LogP contribution >= 0.6 is 0 Å². The van der Waals surface area contributed by atoms with E-state index in [2.05, 4.69) is 10.4 Å². The van der Waals surface area contributed by atoms with E-state index >= 15 is 0 Å². The van der Waals surface area contributed by atoms with Gasteiger partial charge in [-0.25, -0.2) is 4.79 Å². The predicted molar refractivity (Wildman–Crippen MR) is 64.5 cm³/mol. The first-order valence-corrected chi connectivity index (χ1v) is 6.16. The lowest BCUT2D eigenvalue weighted by Gasteiger charge is -2.21. The molecule has 2 heterocycles. The van der Waals surface area contributed by atoms with Gasteiger partial charge in [-0.3, -0.25) is 9.48 Å². The molecular weight excluding hydrogens is 234 g/mol. The topological polar surface area (TPSA) is 73.2 Å². The van der Waals surface area contributed by atoms with Crippen molar-refractivity contribution < 1.29 is 14.3 Å². The smallest absolute Gasteiger partial charge is 0.342 e. The Morgan fingerprint density at radius 2 is 2.28 bits per heavy atom. The molecule has 0 saturated heterocycles. The van der Waals surface area contributed by atoms with Gasteiger partial charge in [-0.1, -0.05) is 6.92 Å². The van der Waals surface area contributed by atoms with E-state index in [9.17, 15) is 9.59 Å². The summed E-state index contributed by atoms with van der Waals surface area (Å²) in [5.74, 6) is -0.732. The number of carbonyl (C=O) groups is 2. The number of nitrogens with one attached hydrogen (secondary N) is 1. The lowest BCUT2D eigenvalue weighted by atomic mass is 10.1. The first-order chi connectivity index (χ1) is 8.58. The van der Waals surface area contributed by atoms with Crippen LogP contribution in [0.25, 0.3) is 0 Å². The van der Waals surface area contributed by atoms with Crippen LogP contribution < -0.4 is 5.32 Å². The van der Waals surface area contributed by atoms with Crippen LogP contribution in [0, 0.1) is 0 Å². The Morgan fingerprint density at radius 1 is 1.56 bits per heavy atom. The van der Waals surface area contributed by atoms with Crippen molar-refractivity contribution in [3.63, 3.8) is 0 Å². The average molecular weight is 251 g/mol. The molecule has 1 aromatic rings. The maximum atomic E-state index is 12.0. The predicted octanol–water partition coefficient (Wildman–Crippen LogP) is 0.754. The van der Waals surface area contributed by atoms with Gasteiger partial charge in [0.2, 0.25) is 0 Å². The SMILES string of the molecule is CCOC(=O)c1c(CC)nn2c1C(=O)NC(C)C2. The summed E-state index contributed by atoms with van der Waals surface area (Å²) in [5.41, 5.74) is 1.25. The van der Waals surface area contributed by atoms with Crippen molar-refractivity contribution in [1.29, 1.82) is 0 Å². The van der Waals surface area contributed by atoms with Gasteiger partial charge in [-0.2, -0.15) is 5.10 Å². The van der Waals surface area contributed by atoms with Crippen LogP contribution in [0.3, 0.4) is 0 Å². The number of hydrogen-bond donors (Lipinski definition) is 1. The normalized spacial score (nSPS) is 18.2. The molecule has 1 aliphatic rings. The van der Waals surface area contributed by atoms with Crippen LogP contribution in [-0.2, 0) is 17.7 Å². The standard InChI is InChI=1S/C12H17N3O3/c1-4-8-9(12(17)18-5-2)10-11(16)13-7(3)6-15(10)14-8/h7H,4-6H2,1-3H3,(H,13,16). The number of rotatable bonds is 3. The summed E-state index contributed by atoms with van der Waals surface area (Å²) < 4.78 is 6.60. The Balaban J connectivity index is 2.51. The second kappa shape index (κ2) is 4.80. The Bertz CT molecular complexity index is 493. The van der Waals surface area contributed by atoms with E-state index in [-0.39, 0.29) is 18.6 Å². The van der Waals surface area contributed by atoms with E-state index in [0.717, 1.165) is 0 Å². The molecule has 0 fully saturated rings. The lowest BCUT2D eigenvalue weighted by molar-refractivity contribution is 0.0520. The molecule has 0 saturated carbocycles. The van der Waals surface area contributed by atoms with Gasteiger partial charge in [0.05, 0.1) is 18.8 Å². The number of carbonyl (C=O) groups excluding carboxylic acids is 2. The number of nitrogens with zero attached hydrogens (tertiary/aromatic N) is 2. The minimum absolute atomic E-state index is 0.0182. The van der Waals surface area contributed by atoms with E-state index < -0.39 is 5.97 Å². The zero-order chi connectivity index (χ0) is 13.3. The Hall–Kier alpha value is -1.85. The van der Waals surface area contributed by atoms with Crippen molar-refractivity contribution in [2.45, 2.75) is 39.8 Å². The summed E-state index contributed by atoms with van der Waals surface area (Å²) in [7, 11) is 0. The summed E-state index contributed by atoms with van der Waals surface area (Å²) in [6.45, 7) is 6.40. The summed E-state index contributed by atoms with van der Waals surface area (Å²) in [4.78, 5) is 23.9. The number of fused-ring (bicyclic) bond motifs is 1. The Morgan fingerprint density at radius 3 is 2.89 bits per heavy atom. The second-order valence-corrected chi connectivity index (χ2v) is 4.30. The monoisotopic (exact) mass is 251 g/mol. The molecule has 1 aliphatic heterocycles. The molecule has 1 atom stereocenters. The molecule has 1 N–H and O–H groups in total. The molecule has 0 aliphatic carbocycles. The van der Waals surface area contributed by atoms with Crippen molar-refractivity contribution in [3.05, 3.63) is 17.0 Å². The van der Waals surface area contributed by atoms with Gasteiger partial charge in [0.1, 0.15) is 11.3 Å². The highest BCUT2D eigenvalue weighted by atomic mass is 16.5. The number of hydrogen-bond acceptors (Lipinski definition) is 4. The Labute approximate surface area is 105 Å². The third-order valence-corrected chi connectivity index (χ3v) is 2.88. The van der Waals surface area contributed by atoms with Crippen LogP contribution in [0.5, 0.6) is 0 Å². The van der Waals surface area contributed by atoms with E-state index in [1.54, 1.807) is 11.6 Å². The van der Waals surface area contributed by atoms with Crippen molar-refractivity contribution in [2.75, 3.05) is 6.61 Å². The van der Waals surface area contributed by atoms with E-state index in [1.165, 1.54) is 0 Å². The maximum Gasteiger partial charge on any atom is 0.342 e. The molecule has 1 amide bonds. The van der Waals surface area contributed by atoms with Crippen LogP contribution in [0.2, 0.25) is 0 Å². The highest BCUT2D eigenvalue weighted by molar-refractivity contribution is 6.05. The molecule has 18 heavy (non-hydrogen) atoms. The number of aromatic nitrogens is 2. The molecule has 6 heteroatoms. The first-order valence-electron chi connectivity index (χ1n) is 6.16. The molecule has 6 nitrogen and oxygen atoms in total. The van der Waals surface area contributed by atoms with Crippen LogP contribution in [0.15, 0.2) is 0 Å². The van der Waals surface area contributed by atoms with Gasteiger partial charge < -0.3 is 10.1 Å².